The Kier molecular flexibility index (Phi) is 7.10. The maximum absolute atomic E-state index is 11.8. The number of rotatable bonds is 8. The van der Waals surface area contributed by atoms with Crippen LogP contribution in [-0.4, -0.2) is 44.0 Å². The number of hydrazone groups is 1. The van der Waals surface area contributed by atoms with Crippen molar-refractivity contribution in [3.63, 3.8) is 0 Å². The highest BCUT2D eigenvalue weighted by atomic mass is 32.1. The molecule has 9 heteroatoms. The molecule has 26 heavy (non-hydrogen) atoms. The lowest BCUT2D eigenvalue weighted by molar-refractivity contribution is -0.142. The van der Waals surface area contributed by atoms with Crippen LogP contribution in [0.1, 0.15) is 28.5 Å². The van der Waals surface area contributed by atoms with Crippen LogP contribution in [0.3, 0.4) is 0 Å². The fraction of sp³-hybridized carbons (Fsp3) is 0.294. The lowest BCUT2D eigenvalue weighted by Crippen LogP contribution is -2.07. The van der Waals surface area contributed by atoms with Gasteiger partial charge in [0.1, 0.15) is 11.3 Å². The fourth-order valence-corrected chi connectivity index (χ4v) is 2.70. The first-order chi connectivity index (χ1) is 12.6. The van der Waals surface area contributed by atoms with Gasteiger partial charge in [-0.05, 0) is 30.7 Å². The molecule has 0 saturated heterocycles. The van der Waals surface area contributed by atoms with Gasteiger partial charge in [0.15, 0.2) is 0 Å². The highest BCUT2D eigenvalue weighted by Gasteiger charge is 2.13. The average Bonchev–Trinajstić information content (AvgIpc) is 3.08. The van der Waals surface area contributed by atoms with Gasteiger partial charge in [-0.2, -0.15) is 5.10 Å². The van der Waals surface area contributed by atoms with Gasteiger partial charge in [0.2, 0.25) is 5.13 Å². The molecule has 2 rings (SSSR count). The van der Waals surface area contributed by atoms with E-state index in [1.807, 2.05) is 0 Å². The molecule has 8 nitrogen and oxygen atoms in total. The fourth-order valence-electron chi connectivity index (χ4n) is 2.04. The van der Waals surface area contributed by atoms with Crippen LogP contribution in [0, 0.1) is 0 Å². The van der Waals surface area contributed by atoms with Crippen LogP contribution in [0.25, 0.3) is 0 Å². The molecule has 0 radical (unpaired) electrons. The number of aromatic nitrogens is 1. The van der Waals surface area contributed by atoms with Crippen molar-refractivity contribution in [1.82, 2.24) is 4.98 Å². The minimum atomic E-state index is -0.492. The molecule has 1 aromatic carbocycles. The summed E-state index contributed by atoms with van der Waals surface area (Å²) in [5.41, 5.74) is 4.39. The second kappa shape index (κ2) is 9.52. The number of carbonyl (C=O) groups excluding carboxylic acids is 2. The molecule has 138 valence electrons. The smallest absolute Gasteiger partial charge is 0.341 e. The Morgan fingerprint density at radius 3 is 2.85 bits per heavy atom. The monoisotopic (exact) mass is 377 g/mol. The second-order valence-corrected chi connectivity index (χ2v) is 5.81. The Balaban J connectivity index is 2.01. The van der Waals surface area contributed by atoms with Crippen LogP contribution >= 0.6 is 11.3 Å². The number of thiazole rings is 1. The molecule has 2 aromatic rings. The van der Waals surface area contributed by atoms with Gasteiger partial charge in [-0.3, -0.25) is 10.2 Å². The molecule has 0 atom stereocenters. The first-order valence-corrected chi connectivity index (χ1v) is 8.60. The third kappa shape index (κ3) is 5.28. The summed E-state index contributed by atoms with van der Waals surface area (Å²) in [6, 6.07) is 5.03. The molecular formula is C17H19N3O5S. The van der Waals surface area contributed by atoms with Gasteiger partial charge in [-0.1, -0.05) is 0 Å². The normalized spacial score (nSPS) is 10.6. The molecule has 0 bridgehead atoms. The maximum Gasteiger partial charge on any atom is 0.341 e. The number of ether oxygens (including phenoxy) is 3. The SMILES string of the molecule is CCOC(=O)Cc1csc(NN=Cc2ccc(OC)c(C(=O)OC)c2)n1. The Labute approximate surface area is 154 Å². The van der Waals surface area contributed by atoms with E-state index in [1.165, 1.54) is 31.8 Å². The number of anilines is 1. The van der Waals surface area contributed by atoms with Crippen LogP contribution in [0.4, 0.5) is 5.13 Å². The molecular weight excluding hydrogens is 358 g/mol. The Bertz CT molecular complexity index is 803. The van der Waals surface area contributed by atoms with Gasteiger partial charge in [-0.15, -0.1) is 11.3 Å². The number of nitrogens with one attached hydrogen (secondary N) is 1. The zero-order valence-electron chi connectivity index (χ0n) is 14.6. The number of carbonyl (C=O) groups is 2. The molecule has 0 unspecified atom stereocenters. The van der Waals surface area contributed by atoms with Crippen LogP contribution in [0.2, 0.25) is 0 Å². The number of methoxy groups -OCH3 is 2. The van der Waals surface area contributed by atoms with Crippen molar-refractivity contribution in [3.8, 4) is 5.75 Å². The topological polar surface area (TPSA) is 99.1 Å². The van der Waals surface area contributed by atoms with E-state index < -0.39 is 5.97 Å². The summed E-state index contributed by atoms with van der Waals surface area (Å²) in [6.07, 6.45) is 1.66. The van der Waals surface area contributed by atoms with Crippen molar-refractivity contribution in [2.24, 2.45) is 5.10 Å². The Morgan fingerprint density at radius 2 is 2.15 bits per heavy atom. The third-order valence-electron chi connectivity index (χ3n) is 3.19. The number of hydrogen-bond donors (Lipinski definition) is 1. The van der Waals surface area contributed by atoms with E-state index in [2.05, 4.69) is 15.5 Å². The summed E-state index contributed by atoms with van der Waals surface area (Å²) >= 11 is 1.32. The summed E-state index contributed by atoms with van der Waals surface area (Å²) < 4.78 is 14.8. The van der Waals surface area contributed by atoms with E-state index in [4.69, 9.17) is 14.2 Å². The van der Waals surface area contributed by atoms with E-state index in [0.717, 1.165) is 0 Å². The lowest BCUT2D eigenvalue weighted by Gasteiger charge is -2.07. The van der Waals surface area contributed by atoms with Crippen LogP contribution in [0.5, 0.6) is 5.75 Å². The minimum absolute atomic E-state index is 0.122. The number of esters is 2. The van der Waals surface area contributed by atoms with E-state index in [9.17, 15) is 9.59 Å². The van der Waals surface area contributed by atoms with Gasteiger partial charge in [-0.25, -0.2) is 9.78 Å². The van der Waals surface area contributed by atoms with Gasteiger partial charge in [0.05, 0.1) is 39.2 Å². The third-order valence-corrected chi connectivity index (χ3v) is 3.98. The first-order valence-electron chi connectivity index (χ1n) is 7.72. The number of benzene rings is 1. The van der Waals surface area contributed by atoms with E-state index in [1.54, 1.807) is 30.5 Å². The number of hydrogen-bond acceptors (Lipinski definition) is 9. The summed E-state index contributed by atoms with van der Waals surface area (Å²) in [5.74, 6) is -0.388. The highest BCUT2D eigenvalue weighted by Crippen LogP contribution is 2.20. The average molecular weight is 377 g/mol. The Morgan fingerprint density at radius 1 is 1.35 bits per heavy atom. The molecule has 0 spiro atoms. The molecule has 0 aliphatic rings. The van der Waals surface area contributed by atoms with Crippen molar-refractivity contribution in [2.75, 3.05) is 26.3 Å². The summed E-state index contributed by atoms with van der Waals surface area (Å²) in [6.45, 7) is 2.10. The quantitative estimate of drug-likeness (QED) is 0.429. The predicted molar refractivity (Wildman–Crippen MR) is 98.0 cm³/mol. The van der Waals surface area contributed by atoms with Gasteiger partial charge in [0.25, 0.3) is 0 Å². The molecule has 1 N–H and O–H groups in total. The highest BCUT2D eigenvalue weighted by molar-refractivity contribution is 7.13. The zero-order valence-corrected chi connectivity index (χ0v) is 15.5. The van der Waals surface area contributed by atoms with E-state index >= 15 is 0 Å². The standard InChI is InChI=1S/C17H19N3O5S/c1-4-25-15(21)8-12-10-26-17(19-12)20-18-9-11-5-6-14(23-2)13(7-11)16(22)24-3/h5-7,9-10H,4,8H2,1-3H3,(H,19,20). The number of nitrogens with zero attached hydrogens (tertiary/aromatic N) is 2. The van der Waals surface area contributed by atoms with Gasteiger partial charge >= 0.3 is 11.9 Å². The van der Waals surface area contributed by atoms with Crippen molar-refractivity contribution in [2.45, 2.75) is 13.3 Å². The van der Waals surface area contributed by atoms with Gasteiger partial charge < -0.3 is 14.2 Å². The second-order valence-electron chi connectivity index (χ2n) is 4.95. The molecule has 1 aromatic heterocycles. The Hall–Kier alpha value is -2.94. The van der Waals surface area contributed by atoms with Crippen molar-refractivity contribution < 1.29 is 23.8 Å². The van der Waals surface area contributed by atoms with Gasteiger partial charge in [0, 0.05) is 5.38 Å². The molecule has 0 amide bonds. The molecule has 0 aliphatic heterocycles. The minimum Gasteiger partial charge on any atom is -0.496 e. The van der Waals surface area contributed by atoms with Crippen LogP contribution < -0.4 is 10.2 Å². The summed E-state index contributed by atoms with van der Waals surface area (Å²) in [4.78, 5) is 27.4. The largest absolute Gasteiger partial charge is 0.496 e. The van der Waals surface area contributed by atoms with Crippen molar-refractivity contribution in [3.05, 3.63) is 40.4 Å². The molecule has 1 heterocycles. The van der Waals surface area contributed by atoms with Crippen LogP contribution in [-0.2, 0) is 20.7 Å². The van der Waals surface area contributed by atoms with E-state index in [0.29, 0.717) is 34.3 Å². The van der Waals surface area contributed by atoms with Crippen molar-refractivity contribution >= 4 is 34.6 Å². The van der Waals surface area contributed by atoms with E-state index in [-0.39, 0.29) is 12.4 Å². The van der Waals surface area contributed by atoms with Crippen molar-refractivity contribution in [1.29, 1.82) is 0 Å². The van der Waals surface area contributed by atoms with Crippen LogP contribution in [0.15, 0.2) is 28.7 Å². The maximum atomic E-state index is 11.8. The zero-order chi connectivity index (χ0) is 18.9. The summed E-state index contributed by atoms with van der Waals surface area (Å²) in [5, 5.41) is 6.39. The molecule has 0 aliphatic carbocycles. The first kappa shape index (κ1) is 19.4. The summed E-state index contributed by atoms with van der Waals surface area (Å²) in [7, 11) is 2.79. The molecule has 0 fully saturated rings. The predicted octanol–water partition coefficient (Wildman–Crippen LogP) is 2.49. The lowest BCUT2D eigenvalue weighted by atomic mass is 10.1. The molecule has 0 saturated carbocycles.